The molecular formula is C17H28N4. The zero-order valence-corrected chi connectivity index (χ0v) is 13.4. The normalized spacial score (nSPS) is 11.3. The van der Waals surface area contributed by atoms with E-state index in [-0.39, 0.29) is 0 Å². The number of fused-ring (bicyclic) bond motifs is 1. The van der Waals surface area contributed by atoms with Gasteiger partial charge >= 0.3 is 0 Å². The molecule has 0 fully saturated rings. The Hall–Kier alpha value is -1.58. The van der Waals surface area contributed by atoms with Gasteiger partial charge in [0.15, 0.2) is 5.65 Å². The minimum atomic E-state index is 0.592. The second kappa shape index (κ2) is 8.01. The van der Waals surface area contributed by atoms with Crippen molar-refractivity contribution in [1.82, 2.24) is 14.5 Å². The molecule has 0 radical (unpaired) electrons. The van der Waals surface area contributed by atoms with E-state index in [1.165, 1.54) is 44.9 Å². The fourth-order valence-corrected chi connectivity index (χ4v) is 2.78. The molecule has 2 aromatic rings. The smallest absolute Gasteiger partial charge is 0.202 e. The summed E-state index contributed by atoms with van der Waals surface area (Å²) in [6.45, 7) is 5.24. The first-order chi connectivity index (χ1) is 10.2. The summed E-state index contributed by atoms with van der Waals surface area (Å²) in [6.07, 6.45) is 12.4. The first-order valence-corrected chi connectivity index (χ1v) is 8.31. The molecule has 0 aliphatic carbocycles. The van der Waals surface area contributed by atoms with Crippen molar-refractivity contribution in [2.75, 3.05) is 5.73 Å². The molecule has 4 heteroatoms. The zero-order chi connectivity index (χ0) is 15.1. The van der Waals surface area contributed by atoms with Crippen LogP contribution in [0.3, 0.4) is 0 Å². The number of nitrogens with zero attached hydrogens (tertiary/aromatic N) is 3. The quantitative estimate of drug-likeness (QED) is 0.693. The van der Waals surface area contributed by atoms with Crippen LogP contribution >= 0.6 is 0 Å². The number of aromatic nitrogens is 3. The number of pyridine rings is 1. The first kappa shape index (κ1) is 15.8. The number of unbranched alkanes of at least 4 members (excludes halogenated alkanes) is 7. The van der Waals surface area contributed by atoms with E-state index in [1.807, 2.05) is 12.3 Å². The lowest BCUT2D eigenvalue weighted by atomic mass is 10.1. The Bertz CT molecular complexity index is 559. The average molecular weight is 288 g/mol. The summed E-state index contributed by atoms with van der Waals surface area (Å²) in [5.41, 5.74) is 9.04. The topological polar surface area (TPSA) is 56.7 Å². The monoisotopic (exact) mass is 288 g/mol. The highest BCUT2D eigenvalue weighted by Crippen LogP contribution is 2.19. The predicted octanol–water partition coefficient (Wildman–Crippen LogP) is 4.46. The molecule has 2 rings (SSSR count). The van der Waals surface area contributed by atoms with Crippen molar-refractivity contribution in [3.05, 3.63) is 17.8 Å². The molecule has 2 heterocycles. The zero-order valence-electron chi connectivity index (χ0n) is 13.4. The van der Waals surface area contributed by atoms with E-state index in [9.17, 15) is 0 Å². The van der Waals surface area contributed by atoms with Crippen molar-refractivity contribution in [1.29, 1.82) is 0 Å². The number of hydrogen-bond donors (Lipinski definition) is 1. The minimum Gasteiger partial charge on any atom is -0.369 e. The molecule has 0 aromatic carbocycles. The maximum absolute atomic E-state index is 6.03. The molecule has 0 aliphatic rings. The van der Waals surface area contributed by atoms with E-state index in [0.717, 1.165) is 29.7 Å². The molecule has 0 spiro atoms. The second-order valence-corrected chi connectivity index (χ2v) is 5.90. The summed E-state index contributed by atoms with van der Waals surface area (Å²) < 4.78 is 2.05. The molecule has 0 aliphatic heterocycles. The lowest BCUT2D eigenvalue weighted by molar-refractivity contribution is 0.549. The van der Waals surface area contributed by atoms with Gasteiger partial charge in [-0.2, -0.15) is 0 Å². The molecule has 21 heavy (non-hydrogen) atoms. The lowest BCUT2D eigenvalue weighted by Gasteiger charge is -2.06. The van der Waals surface area contributed by atoms with E-state index in [4.69, 9.17) is 5.73 Å². The van der Waals surface area contributed by atoms with Gasteiger partial charge in [-0.1, -0.05) is 51.9 Å². The number of rotatable bonds is 9. The van der Waals surface area contributed by atoms with Crippen molar-refractivity contribution in [2.24, 2.45) is 0 Å². The Balaban J connectivity index is 1.79. The van der Waals surface area contributed by atoms with Crippen LogP contribution in [0, 0.1) is 6.92 Å². The number of nitrogen functional groups attached to an aromatic ring is 1. The standard InChI is InChI=1S/C17H28N4/c1-3-4-5-6-7-8-9-10-13-21-16-15(20-17(21)18)14(2)11-12-19-16/h11-12H,3-10,13H2,1-2H3,(H2,18,20). The van der Waals surface area contributed by atoms with Crippen LogP contribution in [-0.4, -0.2) is 14.5 Å². The fourth-order valence-electron chi connectivity index (χ4n) is 2.78. The van der Waals surface area contributed by atoms with E-state index < -0.39 is 0 Å². The number of nitrogens with two attached hydrogens (primary N) is 1. The molecule has 0 unspecified atom stereocenters. The van der Waals surface area contributed by atoms with Crippen molar-refractivity contribution in [3.63, 3.8) is 0 Å². The van der Waals surface area contributed by atoms with Crippen molar-refractivity contribution in [3.8, 4) is 0 Å². The van der Waals surface area contributed by atoms with Crippen LogP contribution in [0.5, 0.6) is 0 Å². The fraction of sp³-hybridized carbons (Fsp3) is 0.647. The largest absolute Gasteiger partial charge is 0.369 e. The average Bonchev–Trinajstić information content (AvgIpc) is 2.80. The maximum Gasteiger partial charge on any atom is 0.202 e. The van der Waals surface area contributed by atoms with Gasteiger partial charge in [0.1, 0.15) is 5.52 Å². The maximum atomic E-state index is 6.03. The summed E-state index contributed by atoms with van der Waals surface area (Å²) in [5, 5.41) is 0. The Morgan fingerprint density at radius 3 is 2.43 bits per heavy atom. The van der Waals surface area contributed by atoms with Crippen LogP contribution in [0.2, 0.25) is 0 Å². The highest BCUT2D eigenvalue weighted by atomic mass is 15.2. The summed E-state index contributed by atoms with van der Waals surface area (Å²) in [7, 11) is 0. The molecule has 0 amide bonds. The molecule has 2 aromatic heterocycles. The Morgan fingerprint density at radius 2 is 1.71 bits per heavy atom. The number of hydrogen-bond acceptors (Lipinski definition) is 3. The number of imidazole rings is 1. The SMILES string of the molecule is CCCCCCCCCCn1c(N)nc2c(C)ccnc21. The van der Waals surface area contributed by atoms with Gasteiger partial charge in [-0.15, -0.1) is 0 Å². The molecule has 4 nitrogen and oxygen atoms in total. The van der Waals surface area contributed by atoms with Gasteiger partial charge < -0.3 is 5.73 Å². The minimum absolute atomic E-state index is 0.592. The van der Waals surface area contributed by atoms with Gasteiger partial charge in [-0.25, -0.2) is 9.97 Å². The van der Waals surface area contributed by atoms with Crippen LogP contribution in [0.15, 0.2) is 12.3 Å². The lowest BCUT2D eigenvalue weighted by Crippen LogP contribution is -2.04. The Kier molecular flexibility index (Phi) is 6.03. The highest BCUT2D eigenvalue weighted by molar-refractivity contribution is 5.77. The second-order valence-electron chi connectivity index (χ2n) is 5.90. The van der Waals surface area contributed by atoms with E-state index in [0.29, 0.717) is 5.95 Å². The van der Waals surface area contributed by atoms with E-state index in [2.05, 4.69) is 28.4 Å². The number of anilines is 1. The molecule has 116 valence electrons. The summed E-state index contributed by atoms with van der Waals surface area (Å²) in [5.74, 6) is 0.592. The van der Waals surface area contributed by atoms with Gasteiger partial charge in [0, 0.05) is 12.7 Å². The highest BCUT2D eigenvalue weighted by Gasteiger charge is 2.10. The van der Waals surface area contributed by atoms with Crippen LogP contribution < -0.4 is 5.73 Å². The third-order valence-electron chi connectivity index (χ3n) is 4.10. The van der Waals surface area contributed by atoms with Gasteiger partial charge in [0.05, 0.1) is 0 Å². The molecule has 2 N–H and O–H groups in total. The molecule has 0 atom stereocenters. The third-order valence-corrected chi connectivity index (χ3v) is 4.10. The van der Waals surface area contributed by atoms with Crippen molar-refractivity contribution >= 4 is 17.1 Å². The molecular weight excluding hydrogens is 260 g/mol. The van der Waals surface area contributed by atoms with Gasteiger partial charge in [-0.3, -0.25) is 4.57 Å². The van der Waals surface area contributed by atoms with Crippen molar-refractivity contribution in [2.45, 2.75) is 71.8 Å². The van der Waals surface area contributed by atoms with Crippen LogP contribution in [0.25, 0.3) is 11.2 Å². The summed E-state index contributed by atoms with van der Waals surface area (Å²) in [4.78, 5) is 8.87. The summed E-state index contributed by atoms with van der Waals surface area (Å²) in [6, 6.07) is 1.98. The third kappa shape index (κ3) is 4.19. The van der Waals surface area contributed by atoms with Crippen LogP contribution in [-0.2, 0) is 6.54 Å². The Morgan fingerprint density at radius 1 is 1.05 bits per heavy atom. The van der Waals surface area contributed by atoms with Gasteiger partial charge in [0.25, 0.3) is 0 Å². The predicted molar refractivity (Wildman–Crippen MR) is 89.3 cm³/mol. The molecule has 0 saturated heterocycles. The van der Waals surface area contributed by atoms with Crippen LogP contribution in [0.4, 0.5) is 5.95 Å². The van der Waals surface area contributed by atoms with Crippen molar-refractivity contribution < 1.29 is 0 Å². The van der Waals surface area contributed by atoms with Gasteiger partial charge in [-0.05, 0) is 25.0 Å². The first-order valence-electron chi connectivity index (χ1n) is 8.31. The van der Waals surface area contributed by atoms with E-state index >= 15 is 0 Å². The van der Waals surface area contributed by atoms with Crippen LogP contribution in [0.1, 0.15) is 63.9 Å². The Labute approximate surface area is 127 Å². The van der Waals surface area contributed by atoms with E-state index in [1.54, 1.807) is 0 Å². The molecule has 0 bridgehead atoms. The number of aryl methyl sites for hydroxylation is 2. The summed E-state index contributed by atoms with van der Waals surface area (Å²) >= 11 is 0. The molecule has 0 saturated carbocycles. The van der Waals surface area contributed by atoms with Gasteiger partial charge in [0.2, 0.25) is 5.95 Å².